The van der Waals surface area contributed by atoms with Crippen LogP contribution in [0.1, 0.15) is 48.5 Å². The number of aromatic nitrogens is 4. The standard InChI is InChI=1S/C16H21N5O4/c1-10-8-11(2)21(16(23)18-10)6-5-14(22)17-9-13-19-15(25-20-13)12-4-3-7-24-12/h8,12H,3-7,9H2,1-2H3,(H,17,22). The van der Waals surface area contributed by atoms with Crippen LogP contribution < -0.4 is 11.0 Å². The first-order chi connectivity index (χ1) is 12.0. The second kappa shape index (κ2) is 7.56. The Hall–Kier alpha value is -2.55. The fourth-order valence-electron chi connectivity index (χ4n) is 2.77. The molecular weight excluding hydrogens is 326 g/mol. The molecule has 2 aromatic heterocycles. The van der Waals surface area contributed by atoms with E-state index in [9.17, 15) is 9.59 Å². The lowest BCUT2D eigenvalue weighted by atomic mass is 10.2. The van der Waals surface area contributed by atoms with Crippen LogP contribution in [0.3, 0.4) is 0 Å². The van der Waals surface area contributed by atoms with E-state index in [2.05, 4.69) is 20.4 Å². The molecule has 0 radical (unpaired) electrons. The maximum atomic E-state index is 12.0. The third-order valence-electron chi connectivity index (χ3n) is 4.04. The summed E-state index contributed by atoms with van der Waals surface area (Å²) in [6.45, 7) is 4.74. The van der Waals surface area contributed by atoms with Crippen LogP contribution in [-0.2, 0) is 22.6 Å². The SMILES string of the molecule is Cc1cc(C)n(CCC(=O)NCc2noc(C3CCCO3)n2)c(=O)n1. The van der Waals surface area contributed by atoms with Crippen LogP contribution >= 0.6 is 0 Å². The number of ether oxygens (including phenoxy) is 1. The molecule has 0 aromatic carbocycles. The molecule has 9 heteroatoms. The zero-order valence-electron chi connectivity index (χ0n) is 14.3. The van der Waals surface area contributed by atoms with Gasteiger partial charge in [-0.25, -0.2) is 4.79 Å². The molecule has 2 aromatic rings. The molecule has 1 fully saturated rings. The first kappa shape index (κ1) is 17.3. The first-order valence-corrected chi connectivity index (χ1v) is 8.29. The van der Waals surface area contributed by atoms with E-state index in [4.69, 9.17) is 9.26 Å². The molecule has 25 heavy (non-hydrogen) atoms. The van der Waals surface area contributed by atoms with E-state index in [1.807, 2.05) is 13.0 Å². The van der Waals surface area contributed by atoms with Crippen LogP contribution in [0, 0.1) is 13.8 Å². The second-order valence-electron chi connectivity index (χ2n) is 6.05. The summed E-state index contributed by atoms with van der Waals surface area (Å²) in [5, 5.41) is 6.57. The van der Waals surface area contributed by atoms with E-state index in [0.29, 0.717) is 24.0 Å². The molecule has 1 atom stereocenters. The number of carbonyl (C=O) groups is 1. The summed E-state index contributed by atoms with van der Waals surface area (Å²) in [5.74, 6) is 0.661. The van der Waals surface area contributed by atoms with Gasteiger partial charge in [0, 0.05) is 31.0 Å². The van der Waals surface area contributed by atoms with Crippen molar-refractivity contribution in [1.82, 2.24) is 25.0 Å². The van der Waals surface area contributed by atoms with Crippen molar-refractivity contribution in [3.63, 3.8) is 0 Å². The average Bonchev–Trinajstić information content (AvgIpc) is 3.23. The Bertz CT molecular complexity index is 807. The molecule has 0 bridgehead atoms. The van der Waals surface area contributed by atoms with Gasteiger partial charge in [-0.2, -0.15) is 9.97 Å². The van der Waals surface area contributed by atoms with Gasteiger partial charge in [-0.3, -0.25) is 9.36 Å². The van der Waals surface area contributed by atoms with Crippen molar-refractivity contribution in [3.05, 3.63) is 39.7 Å². The minimum absolute atomic E-state index is 0.138. The molecule has 1 amide bonds. The smallest absolute Gasteiger partial charge is 0.347 e. The Morgan fingerprint density at radius 2 is 2.24 bits per heavy atom. The van der Waals surface area contributed by atoms with E-state index in [-0.39, 0.29) is 37.2 Å². The zero-order chi connectivity index (χ0) is 17.8. The maximum absolute atomic E-state index is 12.0. The molecular formula is C16H21N5O4. The van der Waals surface area contributed by atoms with E-state index < -0.39 is 0 Å². The van der Waals surface area contributed by atoms with Gasteiger partial charge >= 0.3 is 5.69 Å². The van der Waals surface area contributed by atoms with Crippen molar-refractivity contribution in [2.75, 3.05) is 6.61 Å². The van der Waals surface area contributed by atoms with E-state index in [1.54, 1.807) is 6.92 Å². The predicted molar refractivity (Wildman–Crippen MR) is 86.7 cm³/mol. The van der Waals surface area contributed by atoms with Crippen molar-refractivity contribution in [3.8, 4) is 0 Å². The van der Waals surface area contributed by atoms with Gasteiger partial charge in [-0.05, 0) is 32.8 Å². The molecule has 0 aliphatic carbocycles. The molecule has 1 aliphatic heterocycles. The lowest BCUT2D eigenvalue weighted by Crippen LogP contribution is -2.30. The summed E-state index contributed by atoms with van der Waals surface area (Å²) in [5.41, 5.74) is 1.11. The van der Waals surface area contributed by atoms with Gasteiger partial charge in [-0.15, -0.1) is 0 Å². The van der Waals surface area contributed by atoms with Crippen LogP contribution in [0.4, 0.5) is 0 Å². The van der Waals surface area contributed by atoms with Gasteiger partial charge in [0.2, 0.25) is 5.91 Å². The molecule has 1 saturated heterocycles. The van der Waals surface area contributed by atoms with Crippen molar-refractivity contribution >= 4 is 5.91 Å². The van der Waals surface area contributed by atoms with Gasteiger partial charge in [0.1, 0.15) is 6.10 Å². The Balaban J connectivity index is 1.49. The maximum Gasteiger partial charge on any atom is 0.347 e. The van der Waals surface area contributed by atoms with Crippen LogP contribution in [0.2, 0.25) is 0 Å². The molecule has 0 spiro atoms. The van der Waals surface area contributed by atoms with E-state index in [0.717, 1.165) is 18.5 Å². The number of hydrogen-bond acceptors (Lipinski definition) is 7. The first-order valence-electron chi connectivity index (χ1n) is 8.29. The summed E-state index contributed by atoms with van der Waals surface area (Å²) in [7, 11) is 0. The molecule has 3 heterocycles. The predicted octanol–water partition coefficient (Wildman–Crippen LogP) is 0.801. The molecule has 134 valence electrons. The largest absolute Gasteiger partial charge is 0.368 e. The normalized spacial score (nSPS) is 17.0. The number of nitrogens with one attached hydrogen (secondary N) is 1. The highest BCUT2D eigenvalue weighted by Crippen LogP contribution is 2.26. The summed E-state index contributed by atoms with van der Waals surface area (Å²) in [6.07, 6.45) is 1.88. The van der Waals surface area contributed by atoms with Crippen LogP contribution in [0.25, 0.3) is 0 Å². The number of nitrogens with zero attached hydrogens (tertiary/aromatic N) is 4. The molecule has 1 unspecified atom stereocenters. The van der Waals surface area contributed by atoms with Crippen molar-refractivity contribution in [1.29, 1.82) is 0 Å². The number of hydrogen-bond donors (Lipinski definition) is 1. The number of amides is 1. The lowest BCUT2D eigenvalue weighted by Gasteiger charge is -2.09. The van der Waals surface area contributed by atoms with Crippen molar-refractivity contribution in [2.24, 2.45) is 0 Å². The lowest BCUT2D eigenvalue weighted by molar-refractivity contribution is -0.121. The summed E-state index contributed by atoms with van der Waals surface area (Å²) >= 11 is 0. The molecule has 3 rings (SSSR count). The van der Waals surface area contributed by atoms with E-state index >= 15 is 0 Å². The van der Waals surface area contributed by atoms with Gasteiger partial charge in [0.15, 0.2) is 5.82 Å². The molecule has 1 aliphatic rings. The fraction of sp³-hybridized carbons (Fsp3) is 0.562. The summed E-state index contributed by atoms with van der Waals surface area (Å²) < 4.78 is 12.1. The highest BCUT2D eigenvalue weighted by Gasteiger charge is 2.23. The van der Waals surface area contributed by atoms with Crippen molar-refractivity contribution < 1.29 is 14.1 Å². The molecule has 9 nitrogen and oxygen atoms in total. The Morgan fingerprint density at radius 3 is 2.96 bits per heavy atom. The van der Waals surface area contributed by atoms with Gasteiger partial charge < -0.3 is 14.6 Å². The minimum Gasteiger partial charge on any atom is -0.368 e. The van der Waals surface area contributed by atoms with Gasteiger partial charge in [0.05, 0.1) is 6.54 Å². The Labute approximate surface area is 144 Å². The summed E-state index contributed by atoms with van der Waals surface area (Å²) in [4.78, 5) is 32.0. The van der Waals surface area contributed by atoms with Gasteiger partial charge in [-0.1, -0.05) is 5.16 Å². The number of rotatable bonds is 6. The van der Waals surface area contributed by atoms with Crippen molar-refractivity contribution in [2.45, 2.75) is 52.3 Å². The molecule has 0 saturated carbocycles. The third kappa shape index (κ3) is 4.30. The zero-order valence-corrected chi connectivity index (χ0v) is 14.3. The monoisotopic (exact) mass is 347 g/mol. The second-order valence-corrected chi connectivity index (χ2v) is 6.05. The fourth-order valence-corrected chi connectivity index (χ4v) is 2.77. The average molecular weight is 347 g/mol. The third-order valence-corrected chi connectivity index (χ3v) is 4.04. The Kier molecular flexibility index (Phi) is 5.22. The topological polar surface area (TPSA) is 112 Å². The quantitative estimate of drug-likeness (QED) is 0.822. The van der Waals surface area contributed by atoms with Gasteiger partial charge in [0.25, 0.3) is 5.89 Å². The minimum atomic E-state index is -0.343. The van der Waals surface area contributed by atoms with Crippen LogP contribution in [-0.4, -0.2) is 32.2 Å². The number of aryl methyl sites for hydroxylation is 2. The Morgan fingerprint density at radius 1 is 1.40 bits per heavy atom. The highest BCUT2D eigenvalue weighted by atomic mass is 16.5. The highest BCUT2D eigenvalue weighted by molar-refractivity contribution is 5.75. The van der Waals surface area contributed by atoms with E-state index in [1.165, 1.54) is 4.57 Å². The van der Waals surface area contributed by atoms with Crippen LogP contribution in [0.15, 0.2) is 15.4 Å². The van der Waals surface area contributed by atoms with Crippen LogP contribution in [0.5, 0.6) is 0 Å². The number of carbonyl (C=O) groups excluding carboxylic acids is 1. The summed E-state index contributed by atoms with van der Waals surface area (Å²) in [6, 6.07) is 1.81. The molecule has 1 N–H and O–H groups in total.